The lowest BCUT2D eigenvalue weighted by atomic mass is 10.1. The molecule has 1 aliphatic heterocycles. The molecule has 1 saturated heterocycles. The summed E-state index contributed by atoms with van der Waals surface area (Å²) in [7, 11) is 0. The third-order valence-electron chi connectivity index (χ3n) is 4.68. The van der Waals surface area contributed by atoms with E-state index in [2.05, 4.69) is 15.2 Å². The van der Waals surface area contributed by atoms with Gasteiger partial charge in [0.05, 0.1) is 23.8 Å². The smallest absolute Gasteiger partial charge is 0.324 e. The molecule has 2 heterocycles. The number of hydrogen-bond donors (Lipinski definition) is 0. The van der Waals surface area contributed by atoms with Gasteiger partial charge in [-0.1, -0.05) is 18.2 Å². The average molecular weight is 369 g/mol. The van der Waals surface area contributed by atoms with Gasteiger partial charge in [0.15, 0.2) is 5.52 Å². The zero-order valence-electron chi connectivity index (χ0n) is 14.9. The number of ether oxygens (including phenoxy) is 1. The van der Waals surface area contributed by atoms with Crippen LogP contribution in [0.3, 0.4) is 0 Å². The second-order valence-corrected chi connectivity index (χ2v) is 6.16. The van der Waals surface area contributed by atoms with Gasteiger partial charge in [-0.15, -0.1) is 0 Å². The Morgan fingerprint density at radius 2 is 1.89 bits per heavy atom. The van der Waals surface area contributed by atoms with Crippen molar-refractivity contribution < 1.29 is 14.3 Å². The Bertz CT molecular complexity index is 953. The maximum atomic E-state index is 11.9. The lowest BCUT2D eigenvalue weighted by Crippen LogP contribution is -2.36. The second kappa shape index (κ2) is 7.20. The number of benzene rings is 2. The van der Waals surface area contributed by atoms with Crippen molar-refractivity contribution in [1.82, 2.24) is 10.3 Å². The van der Waals surface area contributed by atoms with Crippen LogP contribution in [0.5, 0.6) is 0 Å². The quantitative estimate of drug-likeness (QED) is 0.500. The van der Waals surface area contributed by atoms with Gasteiger partial charge in [0.1, 0.15) is 5.69 Å². The topological polar surface area (TPSA) is 97.8 Å². The minimum absolute atomic E-state index is 0.103. The Morgan fingerprint density at radius 3 is 2.56 bits per heavy atom. The van der Waals surface area contributed by atoms with Gasteiger partial charge < -0.3 is 14.5 Å². The number of rotatable bonds is 5. The molecule has 4 rings (SSSR count). The normalized spacial score (nSPS) is 14.5. The highest BCUT2D eigenvalue weighted by Gasteiger charge is 2.31. The molecule has 0 unspecified atom stereocenters. The molecule has 0 aliphatic carbocycles. The predicted molar refractivity (Wildman–Crippen MR) is 101 cm³/mol. The van der Waals surface area contributed by atoms with Crippen molar-refractivity contribution in [2.45, 2.75) is 6.92 Å². The Hall–Kier alpha value is -3.20. The van der Waals surface area contributed by atoms with E-state index in [0.29, 0.717) is 44.1 Å². The summed E-state index contributed by atoms with van der Waals surface area (Å²) in [4.78, 5) is 15.5. The molecule has 0 amide bonds. The molecule has 0 radical (unpaired) electrons. The van der Waals surface area contributed by atoms with Gasteiger partial charge in [-0.2, -0.15) is 0 Å². The Balaban J connectivity index is 1.94. The van der Waals surface area contributed by atoms with Crippen LogP contribution in [-0.4, -0.2) is 48.1 Å². The zero-order chi connectivity index (χ0) is 18.8. The molecule has 3 aromatic rings. The Labute approximate surface area is 155 Å². The van der Waals surface area contributed by atoms with Gasteiger partial charge in [0.2, 0.25) is 5.52 Å². The van der Waals surface area contributed by atoms with Gasteiger partial charge in [-0.3, -0.25) is 10.1 Å². The molecule has 0 spiro atoms. The minimum atomic E-state index is -0.420. The summed E-state index contributed by atoms with van der Waals surface area (Å²) >= 11 is 0. The molecule has 9 nitrogen and oxygen atoms in total. The first-order valence-corrected chi connectivity index (χ1v) is 8.79. The molecule has 140 valence electrons. The van der Waals surface area contributed by atoms with E-state index >= 15 is 0 Å². The van der Waals surface area contributed by atoms with E-state index in [1.54, 1.807) is 0 Å². The highest BCUT2D eigenvalue weighted by molar-refractivity contribution is 6.01. The standard InChI is InChI=1S/C18H19N5O4/c1-2-22(13-6-4-3-5-7-13)15-12-14(21-8-10-26-11-9-21)16-17(20-27-19-16)18(15)23(24)25/h3-7,12H,2,8-11H2,1H3. The summed E-state index contributed by atoms with van der Waals surface area (Å²) in [6.45, 7) is 5.05. The van der Waals surface area contributed by atoms with Gasteiger partial charge in [0.25, 0.3) is 0 Å². The van der Waals surface area contributed by atoms with E-state index < -0.39 is 4.92 Å². The summed E-state index contributed by atoms with van der Waals surface area (Å²) < 4.78 is 10.3. The number of morpholine rings is 1. The number of nitro benzene ring substituents is 1. The van der Waals surface area contributed by atoms with Crippen LogP contribution >= 0.6 is 0 Å². The number of hydrogen-bond acceptors (Lipinski definition) is 8. The van der Waals surface area contributed by atoms with Crippen LogP contribution in [0.4, 0.5) is 22.7 Å². The molecule has 9 heteroatoms. The van der Waals surface area contributed by atoms with Crippen molar-refractivity contribution in [3.63, 3.8) is 0 Å². The zero-order valence-corrected chi connectivity index (χ0v) is 14.9. The van der Waals surface area contributed by atoms with E-state index in [-0.39, 0.29) is 11.2 Å². The van der Waals surface area contributed by atoms with Crippen LogP contribution in [-0.2, 0) is 4.74 Å². The van der Waals surface area contributed by atoms with Gasteiger partial charge in [-0.25, -0.2) is 4.63 Å². The number of para-hydroxylation sites is 1. The molecule has 1 aliphatic rings. The van der Waals surface area contributed by atoms with E-state index in [9.17, 15) is 10.1 Å². The molecule has 0 saturated carbocycles. The highest BCUT2D eigenvalue weighted by Crippen LogP contribution is 2.42. The lowest BCUT2D eigenvalue weighted by Gasteiger charge is -2.30. The van der Waals surface area contributed by atoms with E-state index in [1.165, 1.54) is 0 Å². The van der Waals surface area contributed by atoms with E-state index in [4.69, 9.17) is 9.37 Å². The lowest BCUT2D eigenvalue weighted by molar-refractivity contribution is -0.382. The minimum Gasteiger partial charge on any atom is -0.378 e. The van der Waals surface area contributed by atoms with Crippen LogP contribution in [0.15, 0.2) is 41.0 Å². The fourth-order valence-corrected chi connectivity index (χ4v) is 3.43. The van der Waals surface area contributed by atoms with Crippen LogP contribution in [0, 0.1) is 10.1 Å². The Morgan fingerprint density at radius 1 is 1.19 bits per heavy atom. The molecular formula is C18H19N5O4. The third kappa shape index (κ3) is 3.06. The molecular weight excluding hydrogens is 350 g/mol. The second-order valence-electron chi connectivity index (χ2n) is 6.16. The Kier molecular flexibility index (Phi) is 4.59. The maximum Gasteiger partial charge on any atom is 0.324 e. The molecule has 0 N–H and O–H groups in total. The maximum absolute atomic E-state index is 11.9. The van der Waals surface area contributed by atoms with Gasteiger partial charge >= 0.3 is 5.69 Å². The highest BCUT2D eigenvalue weighted by atomic mass is 16.6. The van der Waals surface area contributed by atoms with E-state index in [1.807, 2.05) is 48.2 Å². The van der Waals surface area contributed by atoms with Gasteiger partial charge in [-0.05, 0) is 35.4 Å². The number of fused-ring (bicyclic) bond motifs is 1. The first-order chi connectivity index (χ1) is 13.2. The number of aromatic nitrogens is 2. The SMILES string of the molecule is CCN(c1ccccc1)c1cc(N2CCOCC2)c2nonc2c1[N+](=O)[O-]. The first kappa shape index (κ1) is 17.2. The predicted octanol–water partition coefficient (Wildman–Crippen LogP) is 3.13. The average Bonchev–Trinajstić information content (AvgIpc) is 3.18. The monoisotopic (exact) mass is 369 g/mol. The molecule has 27 heavy (non-hydrogen) atoms. The summed E-state index contributed by atoms with van der Waals surface area (Å²) in [6, 6.07) is 11.4. The van der Waals surface area contributed by atoms with Crippen LogP contribution in [0.25, 0.3) is 11.0 Å². The van der Waals surface area contributed by atoms with Crippen LogP contribution < -0.4 is 9.80 Å². The van der Waals surface area contributed by atoms with Crippen LogP contribution in [0.2, 0.25) is 0 Å². The summed E-state index contributed by atoms with van der Waals surface area (Å²) in [6.07, 6.45) is 0. The van der Waals surface area contributed by atoms with Crippen molar-refractivity contribution >= 4 is 33.8 Å². The van der Waals surface area contributed by atoms with Gasteiger partial charge in [0, 0.05) is 25.3 Å². The van der Waals surface area contributed by atoms with Crippen molar-refractivity contribution in [1.29, 1.82) is 0 Å². The van der Waals surface area contributed by atoms with Crippen molar-refractivity contribution in [2.75, 3.05) is 42.6 Å². The largest absolute Gasteiger partial charge is 0.378 e. The first-order valence-electron chi connectivity index (χ1n) is 8.79. The fourth-order valence-electron chi connectivity index (χ4n) is 3.43. The van der Waals surface area contributed by atoms with Crippen molar-refractivity contribution in [3.8, 4) is 0 Å². The third-order valence-corrected chi connectivity index (χ3v) is 4.68. The van der Waals surface area contributed by atoms with Crippen LogP contribution in [0.1, 0.15) is 6.92 Å². The number of anilines is 3. The number of nitro groups is 1. The summed E-state index contributed by atoms with van der Waals surface area (Å²) in [5.74, 6) is 0. The molecule has 2 aromatic carbocycles. The fraction of sp³-hybridized carbons (Fsp3) is 0.333. The van der Waals surface area contributed by atoms with E-state index in [0.717, 1.165) is 11.4 Å². The summed E-state index contributed by atoms with van der Waals surface area (Å²) in [5.41, 5.74) is 2.56. The molecule has 0 atom stereocenters. The summed E-state index contributed by atoms with van der Waals surface area (Å²) in [5, 5.41) is 19.7. The molecule has 0 bridgehead atoms. The van der Waals surface area contributed by atoms with Crippen molar-refractivity contribution in [3.05, 3.63) is 46.5 Å². The van der Waals surface area contributed by atoms with Crippen molar-refractivity contribution in [2.24, 2.45) is 0 Å². The molecule has 1 fully saturated rings. The number of nitrogens with zero attached hydrogens (tertiary/aromatic N) is 5. The molecule has 1 aromatic heterocycles.